The minimum absolute atomic E-state index is 0.216. The van der Waals surface area contributed by atoms with E-state index in [9.17, 15) is 0 Å². The molecule has 0 bridgehead atoms. The van der Waals surface area contributed by atoms with E-state index >= 15 is 8.78 Å². The average Bonchev–Trinajstić information content (AvgIpc) is 2.95. The first-order valence-corrected chi connectivity index (χ1v) is 14.9. The second-order valence-electron chi connectivity index (χ2n) is 10.5. The quantitative estimate of drug-likeness (QED) is 0.152. The lowest BCUT2D eigenvalue weighted by Gasteiger charge is -2.18. The van der Waals surface area contributed by atoms with Gasteiger partial charge in [0.25, 0.3) is 0 Å². The molecule has 1 nitrogen and oxygen atoms in total. The number of hydrogen-bond donors (Lipinski definition) is 0. The van der Waals surface area contributed by atoms with Gasteiger partial charge in [0.1, 0.15) is 0 Å². The highest BCUT2D eigenvalue weighted by Crippen LogP contribution is 2.29. The third-order valence-corrected chi connectivity index (χ3v) is 7.42. The molecule has 3 heteroatoms. The zero-order valence-corrected chi connectivity index (χ0v) is 23.5. The maximum atomic E-state index is 15.1. The molecule has 0 aliphatic carbocycles. The summed E-state index contributed by atoms with van der Waals surface area (Å²) in [5.41, 5.74) is 3.61. The molecule has 206 valence electrons. The Bertz CT molecular complexity index is 1050. The number of halogens is 2. The second kappa shape index (κ2) is 17.1. The highest BCUT2D eigenvalue weighted by Gasteiger charge is 2.16. The topological polar surface area (TPSA) is 9.23 Å². The van der Waals surface area contributed by atoms with Crippen LogP contribution in [0.3, 0.4) is 0 Å². The smallest absolute Gasteiger partial charge is 0.166 e. The van der Waals surface area contributed by atoms with Gasteiger partial charge in [0.2, 0.25) is 0 Å². The minimum atomic E-state index is -0.755. The molecule has 0 fully saturated rings. The highest BCUT2D eigenvalue weighted by molar-refractivity contribution is 5.71. The summed E-state index contributed by atoms with van der Waals surface area (Å²) < 4.78 is 36.4. The summed E-state index contributed by atoms with van der Waals surface area (Å²) in [4.78, 5) is 0. The standard InChI is InChI=1S/C35H46F2O/c1-3-5-7-8-9-13-19-32(38-27-14-6-4-2)20-15-18-31-25-26-33(35(37)34(31)36)30-23-21-29(22-24-30)28-16-11-10-12-17-28/h10-12,16-17,21-26,32H,3-9,13-15,18-20,27H2,1-2H3. The second-order valence-corrected chi connectivity index (χ2v) is 10.5. The van der Waals surface area contributed by atoms with Crippen molar-refractivity contribution >= 4 is 0 Å². The summed E-state index contributed by atoms with van der Waals surface area (Å²) in [6, 6.07) is 21.2. The summed E-state index contributed by atoms with van der Waals surface area (Å²) in [6.45, 7) is 5.24. The van der Waals surface area contributed by atoms with Crippen molar-refractivity contribution in [3.8, 4) is 22.3 Å². The highest BCUT2D eigenvalue weighted by atomic mass is 19.2. The van der Waals surface area contributed by atoms with Crippen LogP contribution >= 0.6 is 0 Å². The van der Waals surface area contributed by atoms with Gasteiger partial charge in [-0.25, -0.2) is 8.78 Å². The van der Waals surface area contributed by atoms with Gasteiger partial charge in [-0.05, 0) is 54.4 Å². The molecular weight excluding hydrogens is 474 g/mol. The van der Waals surface area contributed by atoms with Gasteiger partial charge in [0.15, 0.2) is 11.6 Å². The van der Waals surface area contributed by atoms with Gasteiger partial charge in [-0.3, -0.25) is 0 Å². The molecule has 0 aromatic heterocycles. The Morgan fingerprint density at radius 3 is 1.92 bits per heavy atom. The van der Waals surface area contributed by atoms with Crippen LogP contribution in [0.5, 0.6) is 0 Å². The zero-order valence-electron chi connectivity index (χ0n) is 23.5. The molecular formula is C35H46F2O. The Balaban J connectivity index is 1.55. The number of unbranched alkanes of at least 4 members (excludes halogenated alkanes) is 7. The summed E-state index contributed by atoms with van der Waals surface area (Å²) in [7, 11) is 0. The van der Waals surface area contributed by atoms with Crippen molar-refractivity contribution in [1.82, 2.24) is 0 Å². The van der Waals surface area contributed by atoms with Crippen LogP contribution in [0.2, 0.25) is 0 Å². The lowest BCUT2D eigenvalue weighted by Crippen LogP contribution is -2.14. The van der Waals surface area contributed by atoms with Crippen molar-refractivity contribution in [3.63, 3.8) is 0 Å². The maximum absolute atomic E-state index is 15.1. The number of hydrogen-bond acceptors (Lipinski definition) is 1. The van der Waals surface area contributed by atoms with Gasteiger partial charge in [-0.2, -0.15) is 0 Å². The molecule has 38 heavy (non-hydrogen) atoms. The van der Waals surface area contributed by atoms with Crippen LogP contribution in [-0.2, 0) is 11.2 Å². The van der Waals surface area contributed by atoms with Crippen LogP contribution in [0.4, 0.5) is 8.78 Å². The molecule has 0 aliphatic heterocycles. The largest absolute Gasteiger partial charge is 0.378 e. The van der Waals surface area contributed by atoms with Crippen LogP contribution in [0, 0.1) is 11.6 Å². The van der Waals surface area contributed by atoms with Gasteiger partial charge in [0.05, 0.1) is 6.10 Å². The molecule has 0 saturated heterocycles. The van der Waals surface area contributed by atoms with Crippen molar-refractivity contribution in [2.45, 2.75) is 103 Å². The van der Waals surface area contributed by atoms with Crippen molar-refractivity contribution < 1.29 is 13.5 Å². The lowest BCUT2D eigenvalue weighted by molar-refractivity contribution is 0.0363. The first-order chi connectivity index (χ1) is 18.6. The third-order valence-electron chi connectivity index (χ3n) is 7.42. The number of benzene rings is 3. The van der Waals surface area contributed by atoms with E-state index in [2.05, 4.69) is 13.8 Å². The summed E-state index contributed by atoms with van der Waals surface area (Å²) in [5, 5.41) is 0. The van der Waals surface area contributed by atoms with Crippen molar-refractivity contribution in [2.75, 3.05) is 6.61 Å². The molecule has 0 aliphatic rings. The van der Waals surface area contributed by atoms with E-state index in [0.29, 0.717) is 23.1 Å². The van der Waals surface area contributed by atoms with E-state index in [0.717, 1.165) is 43.4 Å². The fourth-order valence-electron chi connectivity index (χ4n) is 5.06. The van der Waals surface area contributed by atoms with Gasteiger partial charge >= 0.3 is 0 Å². The number of rotatable bonds is 18. The van der Waals surface area contributed by atoms with Gasteiger partial charge in [-0.1, -0.05) is 132 Å². The van der Waals surface area contributed by atoms with Gasteiger partial charge < -0.3 is 4.74 Å². The molecule has 1 unspecified atom stereocenters. The van der Waals surface area contributed by atoms with E-state index in [1.807, 2.05) is 54.6 Å². The van der Waals surface area contributed by atoms with E-state index in [1.54, 1.807) is 12.1 Å². The maximum Gasteiger partial charge on any atom is 0.166 e. The number of aryl methyl sites for hydroxylation is 1. The van der Waals surface area contributed by atoms with E-state index in [1.165, 1.54) is 51.4 Å². The molecule has 0 spiro atoms. The lowest BCUT2D eigenvalue weighted by atomic mass is 9.97. The monoisotopic (exact) mass is 520 g/mol. The number of ether oxygens (including phenoxy) is 1. The Hall–Kier alpha value is -2.52. The van der Waals surface area contributed by atoms with Crippen molar-refractivity contribution in [3.05, 3.63) is 83.9 Å². The fraction of sp³-hybridized carbons (Fsp3) is 0.486. The van der Waals surface area contributed by atoms with Crippen molar-refractivity contribution in [1.29, 1.82) is 0 Å². The van der Waals surface area contributed by atoms with Gasteiger partial charge in [0, 0.05) is 12.2 Å². The predicted molar refractivity (Wildman–Crippen MR) is 157 cm³/mol. The fourth-order valence-corrected chi connectivity index (χ4v) is 5.06. The summed E-state index contributed by atoms with van der Waals surface area (Å²) in [6.07, 6.45) is 14.6. The van der Waals surface area contributed by atoms with Crippen LogP contribution in [0.1, 0.15) is 96.5 Å². The SMILES string of the molecule is CCCCCCCCC(CCCc1ccc(-c2ccc(-c3ccccc3)cc2)c(F)c1F)OCCCCC. The minimum Gasteiger partial charge on any atom is -0.378 e. The van der Waals surface area contributed by atoms with Gasteiger partial charge in [-0.15, -0.1) is 0 Å². The Labute approximate surface area is 229 Å². The first kappa shape index (κ1) is 30.0. The summed E-state index contributed by atoms with van der Waals surface area (Å²) >= 11 is 0. The molecule has 0 heterocycles. The molecule has 0 amide bonds. The molecule has 0 N–H and O–H groups in total. The van der Waals surface area contributed by atoms with Crippen LogP contribution in [0.15, 0.2) is 66.7 Å². The van der Waals surface area contributed by atoms with Crippen LogP contribution in [-0.4, -0.2) is 12.7 Å². The zero-order chi connectivity index (χ0) is 27.0. The first-order valence-electron chi connectivity index (χ1n) is 14.9. The molecule has 1 atom stereocenters. The van der Waals surface area contributed by atoms with Crippen LogP contribution in [0.25, 0.3) is 22.3 Å². The molecule has 3 aromatic rings. The van der Waals surface area contributed by atoms with E-state index < -0.39 is 11.6 Å². The predicted octanol–water partition coefficient (Wildman–Crippen LogP) is 10.9. The molecule has 0 saturated carbocycles. The van der Waals surface area contributed by atoms with Crippen molar-refractivity contribution in [2.24, 2.45) is 0 Å². The van der Waals surface area contributed by atoms with E-state index in [4.69, 9.17) is 4.74 Å². The Kier molecular flexibility index (Phi) is 13.5. The Morgan fingerprint density at radius 1 is 0.579 bits per heavy atom. The molecule has 3 rings (SSSR count). The molecule has 0 radical (unpaired) electrons. The Morgan fingerprint density at radius 2 is 1.18 bits per heavy atom. The molecule has 3 aromatic carbocycles. The normalized spacial score (nSPS) is 12.1. The van der Waals surface area contributed by atoms with E-state index in [-0.39, 0.29) is 6.10 Å². The average molecular weight is 521 g/mol. The summed E-state index contributed by atoms with van der Waals surface area (Å²) in [5.74, 6) is -1.47. The third kappa shape index (κ3) is 9.66. The van der Waals surface area contributed by atoms with Crippen LogP contribution < -0.4 is 0 Å².